The van der Waals surface area contributed by atoms with Crippen molar-refractivity contribution < 1.29 is 13.5 Å². The van der Waals surface area contributed by atoms with Gasteiger partial charge in [0.2, 0.25) is 0 Å². The lowest BCUT2D eigenvalue weighted by Crippen LogP contribution is -2.61. The number of rotatable bonds is 4. The van der Waals surface area contributed by atoms with Gasteiger partial charge in [0.25, 0.3) is 6.43 Å². The van der Waals surface area contributed by atoms with E-state index in [4.69, 9.17) is 4.74 Å². The molecule has 1 aliphatic carbocycles. The first-order valence-electron chi connectivity index (χ1n) is 5.23. The second kappa shape index (κ2) is 5.03. The van der Waals surface area contributed by atoms with E-state index in [9.17, 15) is 8.78 Å². The fourth-order valence-electron chi connectivity index (χ4n) is 2.35. The molecule has 0 spiro atoms. The maximum atomic E-state index is 13.1. The summed E-state index contributed by atoms with van der Waals surface area (Å²) in [6.07, 6.45) is 0.379. The molecule has 1 N–H and O–H groups in total. The lowest BCUT2D eigenvalue weighted by atomic mass is 9.79. The van der Waals surface area contributed by atoms with Gasteiger partial charge in [-0.1, -0.05) is 19.8 Å². The molecule has 0 heterocycles. The van der Waals surface area contributed by atoms with Crippen LogP contribution in [-0.4, -0.2) is 31.7 Å². The second-order valence-electron chi connectivity index (χ2n) is 3.84. The van der Waals surface area contributed by atoms with Crippen LogP contribution in [0.3, 0.4) is 0 Å². The summed E-state index contributed by atoms with van der Waals surface area (Å²) in [7, 11) is 1.52. The molecule has 4 heteroatoms. The zero-order valence-corrected chi connectivity index (χ0v) is 8.85. The van der Waals surface area contributed by atoms with Crippen molar-refractivity contribution in [3.05, 3.63) is 0 Å². The maximum absolute atomic E-state index is 13.1. The molecule has 0 aromatic rings. The number of nitrogens with one attached hydrogen (secondary N) is 1. The molecule has 0 aromatic heterocycles. The Hall–Kier alpha value is -0.220. The average Bonchev–Trinajstić information content (AvgIpc) is 2.18. The van der Waals surface area contributed by atoms with Crippen molar-refractivity contribution in [2.24, 2.45) is 0 Å². The molecule has 1 saturated carbocycles. The second-order valence-corrected chi connectivity index (χ2v) is 3.84. The van der Waals surface area contributed by atoms with E-state index in [1.54, 1.807) is 0 Å². The van der Waals surface area contributed by atoms with Gasteiger partial charge in [0.1, 0.15) is 5.54 Å². The molecule has 2 nitrogen and oxygen atoms in total. The SMILES string of the molecule is CCNC1(C(F)F)CCCCC1OC. The van der Waals surface area contributed by atoms with Crippen LogP contribution in [0.1, 0.15) is 32.6 Å². The number of alkyl halides is 2. The van der Waals surface area contributed by atoms with Crippen LogP contribution in [0.2, 0.25) is 0 Å². The van der Waals surface area contributed by atoms with Crippen molar-refractivity contribution in [2.75, 3.05) is 13.7 Å². The van der Waals surface area contributed by atoms with Crippen LogP contribution in [-0.2, 0) is 4.74 Å². The number of hydrogen-bond acceptors (Lipinski definition) is 2. The standard InChI is InChI=1S/C10H19F2NO/c1-3-13-10(9(11)12)7-5-4-6-8(10)14-2/h8-9,13H,3-7H2,1-2H3. The quantitative estimate of drug-likeness (QED) is 0.763. The molecule has 14 heavy (non-hydrogen) atoms. The van der Waals surface area contributed by atoms with Gasteiger partial charge in [-0.15, -0.1) is 0 Å². The van der Waals surface area contributed by atoms with E-state index in [-0.39, 0.29) is 6.10 Å². The first-order chi connectivity index (χ1) is 6.67. The zero-order chi connectivity index (χ0) is 10.6. The summed E-state index contributed by atoms with van der Waals surface area (Å²) in [5.41, 5.74) is -1.11. The molecule has 0 amide bonds. The van der Waals surface area contributed by atoms with E-state index < -0.39 is 12.0 Å². The number of likely N-dealkylation sites (N-methyl/N-ethyl adjacent to an activating group) is 1. The van der Waals surface area contributed by atoms with Gasteiger partial charge in [-0.3, -0.25) is 0 Å². The highest BCUT2D eigenvalue weighted by molar-refractivity contribution is 5.00. The van der Waals surface area contributed by atoms with E-state index in [2.05, 4.69) is 5.32 Å². The smallest absolute Gasteiger partial charge is 0.259 e. The predicted octanol–water partition coefficient (Wildman–Crippen LogP) is 2.19. The van der Waals surface area contributed by atoms with Crippen molar-refractivity contribution in [3.63, 3.8) is 0 Å². The van der Waals surface area contributed by atoms with Crippen LogP contribution in [0.25, 0.3) is 0 Å². The minimum absolute atomic E-state index is 0.351. The Balaban J connectivity index is 2.79. The monoisotopic (exact) mass is 207 g/mol. The Labute approximate surface area is 84.0 Å². The largest absolute Gasteiger partial charge is 0.379 e. The molecule has 0 bridgehead atoms. The normalized spacial score (nSPS) is 33.6. The van der Waals surface area contributed by atoms with Crippen LogP contribution in [0.5, 0.6) is 0 Å². The number of hydrogen-bond donors (Lipinski definition) is 1. The van der Waals surface area contributed by atoms with E-state index in [1.807, 2.05) is 6.92 Å². The van der Waals surface area contributed by atoms with Gasteiger partial charge < -0.3 is 10.1 Å². The summed E-state index contributed by atoms with van der Waals surface area (Å²) in [5.74, 6) is 0. The van der Waals surface area contributed by atoms with Gasteiger partial charge in [0.15, 0.2) is 0 Å². The predicted molar refractivity (Wildman–Crippen MR) is 51.7 cm³/mol. The molecular formula is C10H19F2NO. The summed E-state index contributed by atoms with van der Waals surface area (Å²) < 4.78 is 31.3. The highest BCUT2D eigenvalue weighted by Crippen LogP contribution is 2.35. The summed E-state index contributed by atoms with van der Waals surface area (Å²) >= 11 is 0. The minimum Gasteiger partial charge on any atom is -0.379 e. The molecule has 84 valence electrons. The summed E-state index contributed by atoms with van der Waals surface area (Å²) in [6.45, 7) is 2.41. The molecule has 1 aliphatic rings. The Kier molecular flexibility index (Phi) is 4.26. The van der Waals surface area contributed by atoms with Crippen molar-refractivity contribution in [1.29, 1.82) is 0 Å². The summed E-state index contributed by atoms with van der Waals surface area (Å²) in [6, 6.07) is 0. The average molecular weight is 207 g/mol. The molecule has 2 atom stereocenters. The van der Waals surface area contributed by atoms with Gasteiger partial charge in [0, 0.05) is 7.11 Å². The molecule has 1 fully saturated rings. The molecule has 1 rings (SSSR count). The number of ether oxygens (including phenoxy) is 1. The summed E-state index contributed by atoms with van der Waals surface area (Å²) in [4.78, 5) is 0. The van der Waals surface area contributed by atoms with Gasteiger partial charge >= 0.3 is 0 Å². The van der Waals surface area contributed by atoms with Crippen LogP contribution >= 0.6 is 0 Å². The van der Waals surface area contributed by atoms with Crippen LogP contribution in [0.4, 0.5) is 8.78 Å². The van der Waals surface area contributed by atoms with Crippen molar-refractivity contribution in [2.45, 2.75) is 50.7 Å². The molecule has 0 aliphatic heterocycles. The summed E-state index contributed by atoms with van der Waals surface area (Å²) in [5, 5.41) is 2.92. The molecule has 2 unspecified atom stereocenters. The van der Waals surface area contributed by atoms with Crippen molar-refractivity contribution in [3.8, 4) is 0 Å². The Morgan fingerprint density at radius 3 is 2.71 bits per heavy atom. The first-order valence-corrected chi connectivity index (χ1v) is 5.23. The van der Waals surface area contributed by atoms with Gasteiger partial charge in [0.05, 0.1) is 6.10 Å². The van der Waals surface area contributed by atoms with Crippen LogP contribution < -0.4 is 5.32 Å². The number of halogens is 2. The van der Waals surface area contributed by atoms with E-state index in [1.165, 1.54) is 7.11 Å². The van der Waals surface area contributed by atoms with Gasteiger partial charge in [-0.05, 0) is 19.4 Å². The molecule has 0 saturated heterocycles. The van der Waals surface area contributed by atoms with Crippen LogP contribution in [0.15, 0.2) is 0 Å². The fraction of sp³-hybridized carbons (Fsp3) is 1.00. The van der Waals surface area contributed by atoms with E-state index in [0.717, 1.165) is 19.3 Å². The maximum Gasteiger partial charge on any atom is 0.259 e. The van der Waals surface area contributed by atoms with E-state index in [0.29, 0.717) is 13.0 Å². The minimum atomic E-state index is -2.35. The lowest BCUT2D eigenvalue weighted by Gasteiger charge is -2.43. The molecular weight excluding hydrogens is 188 g/mol. The Morgan fingerprint density at radius 1 is 1.50 bits per heavy atom. The Bertz CT molecular complexity index is 174. The van der Waals surface area contributed by atoms with Crippen molar-refractivity contribution in [1.82, 2.24) is 5.32 Å². The topological polar surface area (TPSA) is 21.3 Å². The van der Waals surface area contributed by atoms with Gasteiger partial charge in [-0.25, -0.2) is 8.78 Å². The highest BCUT2D eigenvalue weighted by Gasteiger charge is 2.47. The number of methoxy groups -OCH3 is 1. The Morgan fingerprint density at radius 2 is 2.21 bits per heavy atom. The van der Waals surface area contributed by atoms with Gasteiger partial charge in [-0.2, -0.15) is 0 Å². The highest BCUT2D eigenvalue weighted by atomic mass is 19.3. The van der Waals surface area contributed by atoms with E-state index >= 15 is 0 Å². The van der Waals surface area contributed by atoms with Crippen LogP contribution in [0, 0.1) is 0 Å². The molecule has 0 radical (unpaired) electrons. The third-order valence-electron chi connectivity index (χ3n) is 3.06. The zero-order valence-electron chi connectivity index (χ0n) is 8.85. The molecule has 0 aromatic carbocycles. The fourth-order valence-corrected chi connectivity index (χ4v) is 2.35. The third kappa shape index (κ3) is 2.06. The lowest BCUT2D eigenvalue weighted by molar-refractivity contribution is -0.0897. The first kappa shape index (κ1) is 11.9. The third-order valence-corrected chi connectivity index (χ3v) is 3.06. The van der Waals surface area contributed by atoms with Crippen molar-refractivity contribution >= 4 is 0 Å².